The van der Waals surface area contributed by atoms with Crippen molar-refractivity contribution in [2.45, 2.75) is 57.1 Å². The second-order valence-electron chi connectivity index (χ2n) is 5.50. The maximum absolute atomic E-state index is 6.51. The Kier molecular flexibility index (Phi) is 5.66. The Balaban J connectivity index is 2.06. The summed E-state index contributed by atoms with van der Waals surface area (Å²) in [5.41, 5.74) is 7.74. The van der Waals surface area contributed by atoms with Crippen LogP contribution in [0, 0.1) is 3.57 Å². The molecule has 0 aliphatic heterocycles. The molecule has 1 aromatic carbocycles. The molecule has 0 radical (unpaired) electrons. The fraction of sp³-hybridized carbons (Fsp3) is 0.625. The van der Waals surface area contributed by atoms with E-state index in [2.05, 4.69) is 53.8 Å². The lowest BCUT2D eigenvalue weighted by atomic mass is 9.77. The number of rotatable bonds is 5. The van der Waals surface area contributed by atoms with Crippen molar-refractivity contribution in [1.29, 1.82) is 0 Å². The van der Waals surface area contributed by atoms with E-state index in [-0.39, 0.29) is 11.6 Å². The summed E-state index contributed by atoms with van der Waals surface area (Å²) < 4.78 is 7.37. The van der Waals surface area contributed by atoms with Crippen LogP contribution < -0.4 is 5.73 Å². The van der Waals surface area contributed by atoms with Crippen LogP contribution >= 0.6 is 22.6 Å². The molecule has 1 aromatic rings. The highest BCUT2D eigenvalue weighted by Crippen LogP contribution is 2.35. The van der Waals surface area contributed by atoms with E-state index in [1.165, 1.54) is 28.4 Å². The van der Waals surface area contributed by atoms with Crippen molar-refractivity contribution in [3.8, 4) is 0 Å². The van der Waals surface area contributed by atoms with Crippen LogP contribution in [0.1, 0.15) is 44.6 Å². The lowest BCUT2D eigenvalue weighted by molar-refractivity contribution is -0.0817. The highest BCUT2D eigenvalue weighted by Gasteiger charge is 2.38. The van der Waals surface area contributed by atoms with Crippen LogP contribution in [0.25, 0.3) is 0 Å². The Morgan fingerprint density at radius 3 is 2.42 bits per heavy atom. The topological polar surface area (TPSA) is 35.2 Å². The first-order valence-corrected chi connectivity index (χ1v) is 8.38. The maximum atomic E-state index is 6.51. The van der Waals surface area contributed by atoms with Gasteiger partial charge in [-0.05, 0) is 66.5 Å². The Bertz CT molecular complexity index is 379. The maximum Gasteiger partial charge on any atom is 0.0835 e. The summed E-state index contributed by atoms with van der Waals surface area (Å²) in [6.45, 7) is 2.84. The minimum Gasteiger partial charge on any atom is -0.374 e. The molecule has 1 atom stereocenters. The highest BCUT2D eigenvalue weighted by atomic mass is 127. The van der Waals surface area contributed by atoms with Crippen LogP contribution in [0.4, 0.5) is 0 Å². The predicted octanol–water partition coefficient (Wildman–Crippen LogP) is 3.90. The van der Waals surface area contributed by atoms with E-state index in [0.29, 0.717) is 0 Å². The molecule has 0 heterocycles. The molecule has 0 bridgehead atoms. The summed E-state index contributed by atoms with van der Waals surface area (Å²) in [5, 5.41) is 0. The molecule has 1 aliphatic carbocycles. The fourth-order valence-corrected chi connectivity index (χ4v) is 3.48. The molecule has 0 amide bonds. The van der Waals surface area contributed by atoms with Gasteiger partial charge in [-0.3, -0.25) is 0 Å². The average molecular weight is 373 g/mol. The molecule has 1 unspecified atom stereocenters. The molecule has 2 rings (SSSR count). The molecule has 1 fully saturated rings. The van der Waals surface area contributed by atoms with E-state index in [1.54, 1.807) is 0 Å². The van der Waals surface area contributed by atoms with Gasteiger partial charge in [0.1, 0.15) is 0 Å². The Labute approximate surface area is 130 Å². The monoisotopic (exact) mass is 373 g/mol. The van der Waals surface area contributed by atoms with E-state index in [4.69, 9.17) is 10.5 Å². The number of hydrogen-bond donors (Lipinski definition) is 1. The van der Waals surface area contributed by atoms with Gasteiger partial charge in [0.2, 0.25) is 0 Å². The molecule has 2 nitrogen and oxygen atoms in total. The van der Waals surface area contributed by atoms with Crippen molar-refractivity contribution in [3.05, 3.63) is 33.4 Å². The first-order valence-electron chi connectivity index (χ1n) is 7.30. The molecule has 0 saturated heterocycles. The zero-order valence-corrected chi connectivity index (χ0v) is 13.9. The third-order valence-corrected chi connectivity index (χ3v) is 4.90. The van der Waals surface area contributed by atoms with Gasteiger partial charge in [0.05, 0.1) is 5.60 Å². The Hall–Kier alpha value is -0.130. The second kappa shape index (κ2) is 7.04. The number of halogens is 1. The Morgan fingerprint density at radius 1 is 1.21 bits per heavy atom. The average Bonchev–Trinajstić information content (AvgIpc) is 2.43. The summed E-state index contributed by atoms with van der Waals surface area (Å²) in [7, 11) is 0. The van der Waals surface area contributed by atoms with Gasteiger partial charge in [0.15, 0.2) is 0 Å². The molecule has 0 aromatic heterocycles. The summed E-state index contributed by atoms with van der Waals surface area (Å²) in [4.78, 5) is 0. The zero-order chi connectivity index (χ0) is 13.7. The third-order valence-electron chi connectivity index (χ3n) is 4.18. The first kappa shape index (κ1) is 15.3. The smallest absolute Gasteiger partial charge is 0.0835 e. The van der Waals surface area contributed by atoms with E-state index in [9.17, 15) is 0 Å². The summed E-state index contributed by atoms with van der Waals surface area (Å²) in [5.74, 6) is 0. The van der Waals surface area contributed by atoms with Crippen LogP contribution in [0.5, 0.6) is 0 Å². The number of benzene rings is 1. The highest BCUT2D eigenvalue weighted by molar-refractivity contribution is 14.1. The lowest BCUT2D eigenvalue weighted by Gasteiger charge is -2.41. The van der Waals surface area contributed by atoms with Crippen LogP contribution in [0.2, 0.25) is 0 Å². The van der Waals surface area contributed by atoms with Crippen molar-refractivity contribution >= 4 is 22.6 Å². The van der Waals surface area contributed by atoms with Crippen LogP contribution in [-0.4, -0.2) is 18.2 Å². The van der Waals surface area contributed by atoms with Crippen molar-refractivity contribution in [2.24, 2.45) is 5.73 Å². The van der Waals surface area contributed by atoms with Crippen molar-refractivity contribution < 1.29 is 4.74 Å². The third kappa shape index (κ3) is 3.92. The largest absolute Gasteiger partial charge is 0.374 e. The first-order chi connectivity index (χ1) is 9.16. The van der Waals surface area contributed by atoms with E-state index in [1.807, 2.05) is 0 Å². The van der Waals surface area contributed by atoms with Crippen LogP contribution in [0.3, 0.4) is 0 Å². The molecule has 1 aliphatic rings. The summed E-state index contributed by atoms with van der Waals surface area (Å²) >= 11 is 2.33. The standard InChI is InChI=1S/C16H24INO/c1-2-19-16(10-4-3-5-11-16)15(18)12-13-6-8-14(17)9-7-13/h6-9,15H,2-5,10-12,18H2,1H3. The van der Waals surface area contributed by atoms with Gasteiger partial charge in [-0.15, -0.1) is 0 Å². The second-order valence-corrected chi connectivity index (χ2v) is 6.74. The van der Waals surface area contributed by atoms with Gasteiger partial charge in [-0.1, -0.05) is 31.4 Å². The van der Waals surface area contributed by atoms with Gasteiger partial charge in [-0.2, -0.15) is 0 Å². The molecule has 106 valence electrons. The zero-order valence-electron chi connectivity index (χ0n) is 11.7. The molecule has 19 heavy (non-hydrogen) atoms. The van der Waals surface area contributed by atoms with Crippen molar-refractivity contribution in [3.63, 3.8) is 0 Å². The van der Waals surface area contributed by atoms with Crippen LogP contribution in [0.15, 0.2) is 24.3 Å². The number of hydrogen-bond acceptors (Lipinski definition) is 2. The van der Waals surface area contributed by atoms with Crippen molar-refractivity contribution in [2.75, 3.05) is 6.61 Å². The van der Waals surface area contributed by atoms with E-state index in [0.717, 1.165) is 25.9 Å². The normalized spacial score (nSPS) is 20.2. The SMILES string of the molecule is CCOC1(C(N)Cc2ccc(I)cc2)CCCCC1. The van der Waals surface area contributed by atoms with Gasteiger partial charge >= 0.3 is 0 Å². The van der Waals surface area contributed by atoms with Gasteiger partial charge in [0, 0.05) is 16.2 Å². The number of nitrogens with two attached hydrogens (primary N) is 1. The summed E-state index contributed by atoms with van der Waals surface area (Å²) in [6.07, 6.45) is 6.97. The Morgan fingerprint density at radius 2 is 1.84 bits per heavy atom. The van der Waals surface area contributed by atoms with E-state index < -0.39 is 0 Å². The quantitative estimate of drug-likeness (QED) is 0.795. The van der Waals surface area contributed by atoms with E-state index >= 15 is 0 Å². The van der Waals surface area contributed by atoms with Gasteiger partial charge in [0.25, 0.3) is 0 Å². The number of ether oxygens (including phenoxy) is 1. The van der Waals surface area contributed by atoms with Gasteiger partial charge < -0.3 is 10.5 Å². The minimum absolute atomic E-state index is 0.0873. The molecular formula is C16H24INO. The fourth-order valence-electron chi connectivity index (χ4n) is 3.12. The van der Waals surface area contributed by atoms with Gasteiger partial charge in [-0.25, -0.2) is 0 Å². The lowest BCUT2D eigenvalue weighted by Crippen LogP contribution is -2.52. The molecule has 3 heteroatoms. The molecular weight excluding hydrogens is 349 g/mol. The molecule has 2 N–H and O–H groups in total. The predicted molar refractivity (Wildman–Crippen MR) is 88.3 cm³/mol. The van der Waals surface area contributed by atoms with Crippen molar-refractivity contribution in [1.82, 2.24) is 0 Å². The minimum atomic E-state index is -0.0873. The molecule has 1 saturated carbocycles. The summed E-state index contributed by atoms with van der Waals surface area (Å²) in [6, 6.07) is 8.77. The molecule has 0 spiro atoms. The van der Waals surface area contributed by atoms with Crippen LogP contribution in [-0.2, 0) is 11.2 Å².